The van der Waals surface area contributed by atoms with Crippen LogP contribution in [0.3, 0.4) is 0 Å². The largest absolute Gasteiger partial charge is 0.307 e. The molecule has 56 valence electrons. The molecule has 0 radical (unpaired) electrons. The lowest BCUT2D eigenvalue weighted by Gasteiger charge is -2.16. The summed E-state index contributed by atoms with van der Waals surface area (Å²) in [5.41, 5.74) is 0. The van der Waals surface area contributed by atoms with Crippen molar-refractivity contribution >= 4 is 9.52 Å². The van der Waals surface area contributed by atoms with Gasteiger partial charge < -0.3 is 4.90 Å². The van der Waals surface area contributed by atoms with E-state index in [0.717, 1.165) is 0 Å². The molecule has 0 fully saturated rings. The Hall–Kier alpha value is 0.177. The minimum atomic E-state index is 0.278. The molecule has 0 heterocycles. The van der Waals surface area contributed by atoms with Gasteiger partial charge in [0.25, 0.3) is 0 Å². The molecule has 0 unspecified atom stereocenters. The van der Waals surface area contributed by atoms with Crippen molar-refractivity contribution in [2.75, 3.05) is 19.3 Å². The second kappa shape index (κ2) is 6.30. The van der Waals surface area contributed by atoms with Gasteiger partial charge in [0, 0.05) is 9.52 Å². The van der Waals surface area contributed by atoms with Gasteiger partial charge >= 0.3 is 0 Å². The highest BCUT2D eigenvalue weighted by atomic mass is 28.2. The highest BCUT2D eigenvalue weighted by molar-refractivity contribution is 6.35. The smallest absolute Gasteiger partial charge is 0.0366 e. The van der Waals surface area contributed by atoms with E-state index in [4.69, 9.17) is 0 Å². The molecule has 1 nitrogen and oxygen atoms in total. The Morgan fingerprint density at radius 1 is 1.11 bits per heavy atom. The van der Waals surface area contributed by atoms with Crippen molar-refractivity contribution in [2.45, 2.75) is 26.8 Å². The zero-order valence-corrected chi connectivity index (χ0v) is 8.40. The van der Waals surface area contributed by atoms with Crippen molar-refractivity contribution in [2.24, 2.45) is 0 Å². The predicted molar refractivity (Wildman–Crippen MR) is 46.8 cm³/mol. The minimum Gasteiger partial charge on any atom is -0.307 e. The third-order valence-corrected chi connectivity index (χ3v) is 3.38. The van der Waals surface area contributed by atoms with Gasteiger partial charge in [0.05, 0.1) is 0 Å². The second-order valence-corrected chi connectivity index (χ2v) is 4.53. The third-order valence-electron chi connectivity index (χ3n) is 1.72. The molecule has 0 rings (SSSR count). The van der Waals surface area contributed by atoms with E-state index in [2.05, 4.69) is 25.7 Å². The maximum Gasteiger partial charge on any atom is 0.0366 e. The molecule has 0 aromatic rings. The van der Waals surface area contributed by atoms with Gasteiger partial charge in [0.1, 0.15) is 0 Å². The number of rotatable bonds is 5. The first-order valence-electron chi connectivity index (χ1n) is 4.07. The molecular weight excluding hydrogens is 126 g/mol. The monoisotopic (exact) mass is 145 g/mol. The zero-order valence-electron chi connectivity index (χ0n) is 6.98. The maximum atomic E-state index is 2.52. The van der Waals surface area contributed by atoms with E-state index in [-0.39, 0.29) is 9.52 Å². The van der Waals surface area contributed by atoms with Gasteiger partial charge in [-0.2, -0.15) is 0 Å². The molecule has 0 aliphatic heterocycles. The molecule has 0 aliphatic carbocycles. The molecule has 9 heavy (non-hydrogen) atoms. The Morgan fingerprint density at radius 3 is 2.00 bits per heavy atom. The van der Waals surface area contributed by atoms with Crippen molar-refractivity contribution in [3.05, 3.63) is 0 Å². The Kier molecular flexibility index (Phi) is 6.42. The van der Waals surface area contributed by atoms with Crippen molar-refractivity contribution in [3.63, 3.8) is 0 Å². The standard InChI is InChI=1S/C7H19NSi/c1-4-8(5-2)7-9-6-3/h4-7,9H2,1-3H3. The molecular formula is C7H19NSi. The lowest BCUT2D eigenvalue weighted by atomic mass is 10.6. The highest BCUT2D eigenvalue weighted by Crippen LogP contribution is 1.85. The number of hydrogen-bond donors (Lipinski definition) is 0. The van der Waals surface area contributed by atoms with Crippen LogP contribution in [0.25, 0.3) is 0 Å². The summed E-state index contributed by atoms with van der Waals surface area (Å²) in [6, 6.07) is 1.45. The number of nitrogens with zero attached hydrogens (tertiary/aromatic N) is 1. The Balaban J connectivity index is 3.09. The normalized spacial score (nSPS) is 12.0. The van der Waals surface area contributed by atoms with Crippen LogP contribution in [0.5, 0.6) is 0 Å². The molecule has 0 saturated carbocycles. The Labute approximate surface area is 61.3 Å². The molecule has 0 amide bonds. The summed E-state index contributed by atoms with van der Waals surface area (Å²) in [7, 11) is 0.278. The summed E-state index contributed by atoms with van der Waals surface area (Å²) in [6.45, 7) is 9.27. The fourth-order valence-electron chi connectivity index (χ4n) is 0.922. The molecule has 0 saturated heterocycles. The first-order chi connectivity index (χ1) is 4.35. The topological polar surface area (TPSA) is 3.24 Å². The predicted octanol–water partition coefficient (Wildman–Crippen LogP) is 0.893. The average Bonchev–Trinajstić information content (AvgIpc) is 1.91. The minimum absolute atomic E-state index is 0.278. The van der Waals surface area contributed by atoms with Gasteiger partial charge in [-0.25, -0.2) is 0 Å². The molecule has 0 atom stereocenters. The molecule has 0 bridgehead atoms. The first-order valence-corrected chi connectivity index (χ1v) is 6.07. The highest BCUT2D eigenvalue weighted by Gasteiger charge is 1.95. The van der Waals surface area contributed by atoms with E-state index in [1.54, 1.807) is 0 Å². The summed E-state index contributed by atoms with van der Waals surface area (Å²) in [5, 5.41) is 0. The van der Waals surface area contributed by atoms with Crippen LogP contribution in [0.2, 0.25) is 6.04 Å². The van der Waals surface area contributed by atoms with Gasteiger partial charge in [0.2, 0.25) is 0 Å². The molecule has 0 spiro atoms. The molecule has 0 aliphatic rings. The summed E-state index contributed by atoms with van der Waals surface area (Å²) in [6.07, 6.45) is 1.42. The van der Waals surface area contributed by atoms with Crippen molar-refractivity contribution < 1.29 is 0 Å². The number of hydrogen-bond acceptors (Lipinski definition) is 1. The van der Waals surface area contributed by atoms with E-state index in [1.165, 1.54) is 25.3 Å². The van der Waals surface area contributed by atoms with Crippen LogP contribution >= 0.6 is 0 Å². The van der Waals surface area contributed by atoms with E-state index in [1.807, 2.05) is 0 Å². The molecule has 0 N–H and O–H groups in total. The fourth-order valence-corrected chi connectivity index (χ4v) is 2.32. The van der Waals surface area contributed by atoms with Crippen molar-refractivity contribution in [1.29, 1.82) is 0 Å². The third kappa shape index (κ3) is 4.67. The van der Waals surface area contributed by atoms with Crippen LogP contribution < -0.4 is 0 Å². The van der Waals surface area contributed by atoms with Crippen molar-refractivity contribution in [1.82, 2.24) is 4.90 Å². The first kappa shape index (κ1) is 9.18. The van der Waals surface area contributed by atoms with Gasteiger partial charge in [-0.3, -0.25) is 0 Å². The maximum absolute atomic E-state index is 2.52. The van der Waals surface area contributed by atoms with Gasteiger partial charge in [-0.05, 0) is 19.3 Å². The summed E-state index contributed by atoms with van der Waals surface area (Å²) < 4.78 is 0. The van der Waals surface area contributed by atoms with Crippen LogP contribution in [0.1, 0.15) is 20.8 Å². The lowest BCUT2D eigenvalue weighted by molar-refractivity contribution is 0.352. The van der Waals surface area contributed by atoms with E-state index >= 15 is 0 Å². The van der Waals surface area contributed by atoms with E-state index in [0.29, 0.717) is 0 Å². The van der Waals surface area contributed by atoms with E-state index < -0.39 is 0 Å². The second-order valence-electron chi connectivity index (χ2n) is 2.38. The zero-order chi connectivity index (χ0) is 7.11. The fraction of sp³-hybridized carbons (Fsp3) is 1.00. The van der Waals surface area contributed by atoms with Crippen LogP contribution in [0.4, 0.5) is 0 Å². The van der Waals surface area contributed by atoms with Gasteiger partial charge in [-0.15, -0.1) is 0 Å². The van der Waals surface area contributed by atoms with Gasteiger partial charge in [0.15, 0.2) is 0 Å². The van der Waals surface area contributed by atoms with Crippen LogP contribution in [-0.2, 0) is 0 Å². The molecule has 0 aromatic carbocycles. The Bertz CT molecular complexity index is 52.9. The SMILES string of the molecule is CC[SiH2]CN(CC)CC. The summed E-state index contributed by atoms with van der Waals surface area (Å²) in [5.74, 6) is 0. The molecule has 0 aromatic heterocycles. The molecule has 2 heteroatoms. The summed E-state index contributed by atoms with van der Waals surface area (Å²) >= 11 is 0. The van der Waals surface area contributed by atoms with Crippen LogP contribution in [0, 0.1) is 0 Å². The van der Waals surface area contributed by atoms with Crippen molar-refractivity contribution in [3.8, 4) is 0 Å². The average molecular weight is 145 g/mol. The van der Waals surface area contributed by atoms with E-state index in [9.17, 15) is 0 Å². The van der Waals surface area contributed by atoms with Crippen LogP contribution in [-0.4, -0.2) is 33.7 Å². The summed E-state index contributed by atoms with van der Waals surface area (Å²) in [4.78, 5) is 2.52. The quantitative estimate of drug-likeness (QED) is 0.519. The van der Waals surface area contributed by atoms with Gasteiger partial charge in [-0.1, -0.05) is 26.8 Å². The Morgan fingerprint density at radius 2 is 1.67 bits per heavy atom. The lowest BCUT2D eigenvalue weighted by Crippen LogP contribution is -2.27. The van der Waals surface area contributed by atoms with Crippen LogP contribution in [0.15, 0.2) is 0 Å².